The quantitative estimate of drug-likeness (QED) is 0.631. The number of urea groups is 1. The minimum Gasteiger partial charge on any atom is -0.352 e. The fourth-order valence-electron chi connectivity index (χ4n) is 2.90. The zero-order valence-corrected chi connectivity index (χ0v) is 15.9. The minimum absolute atomic E-state index is 0.0133. The average molecular weight is 400 g/mol. The summed E-state index contributed by atoms with van der Waals surface area (Å²) in [5.74, 6) is -0.614. The topological polar surface area (TPSA) is 113 Å². The molecule has 1 aliphatic rings. The first-order valence-electron chi connectivity index (χ1n) is 8.87. The normalized spacial score (nSPS) is 15.5. The Bertz CT molecular complexity index is 764. The first kappa shape index (κ1) is 21.1. The highest BCUT2D eigenvalue weighted by Crippen LogP contribution is 2.19. The standard InChI is InChI=1S/C17H25FN4O4S/c18-14-5-4-6-15(13-14)27(25,26)22-11-9-21(10-12-22)16(23)7-2-1-3-8-20-17(19)24/h4-6,13H,1-3,7-12H2,(H3,19,20,24). The van der Waals surface area contributed by atoms with E-state index in [1.807, 2.05) is 0 Å². The number of rotatable bonds is 8. The van der Waals surface area contributed by atoms with E-state index in [0.717, 1.165) is 18.9 Å². The Morgan fingerprint density at radius 3 is 2.44 bits per heavy atom. The molecule has 1 aliphatic heterocycles. The predicted octanol–water partition coefficient (Wildman–Crippen LogP) is 0.887. The van der Waals surface area contributed by atoms with Crippen LogP contribution in [0.3, 0.4) is 0 Å². The molecule has 0 bridgehead atoms. The second kappa shape index (κ2) is 9.65. The molecule has 0 spiro atoms. The van der Waals surface area contributed by atoms with Gasteiger partial charge in [-0.1, -0.05) is 12.5 Å². The van der Waals surface area contributed by atoms with Crippen LogP contribution in [0.15, 0.2) is 29.2 Å². The zero-order valence-electron chi connectivity index (χ0n) is 15.1. The van der Waals surface area contributed by atoms with Crippen LogP contribution in [-0.2, 0) is 14.8 Å². The summed E-state index contributed by atoms with van der Waals surface area (Å²) in [6.07, 6.45) is 2.62. The maximum absolute atomic E-state index is 13.3. The van der Waals surface area contributed by atoms with Crippen LogP contribution in [0.4, 0.5) is 9.18 Å². The molecule has 27 heavy (non-hydrogen) atoms. The van der Waals surface area contributed by atoms with Gasteiger partial charge in [0.1, 0.15) is 5.82 Å². The van der Waals surface area contributed by atoms with Gasteiger partial charge in [-0.15, -0.1) is 0 Å². The van der Waals surface area contributed by atoms with Crippen molar-refractivity contribution >= 4 is 22.0 Å². The number of carbonyl (C=O) groups is 2. The largest absolute Gasteiger partial charge is 0.352 e. The van der Waals surface area contributed by atoms with Gasteiger partial charge >= 0.3 is 6.03 Å². The van der Waals surface area contributed by atoms with Crippen molar-refractivity contribution in [3.8, 4) is 0 Å². The lowest BCUT2D eigenvalue weighted by molar-refractivity contribution is -0.132. The molecule has 1 heterocycles. The van der Waals surface area contributed by atoms with Crippen LogP contribution in [0.1, 0.15) is 25.7 Å². The molecular formula is C17H25FN4O4S. The van der Waals surface area contributed by atoms with Gasteiger partial charge in [-0.25, -0.2) is 17.6 Å². The fraction of sp³-hybridized carbons (Fsp3) is 0.529. The number of amides is 3. The number of carbonyl (C=O) groups excluding carboxylic acids is 2. The summed E-state index contributed by atoms with van der Waals surface area (Å²) in [6.45, 7) is 1.49. The Morgan fingerprint density at radius 1 is 1.11 bits per heavy atom. The third-order valence-electron chi connectivity index (χ3n) is 4.39. The number of halogens is 1. The summed E-state index contributed by atoms with van der Waals surface area (Å²) in [5, 5.41) is 2.49. The van der Waals surface area contributed by atoms with Crippen molar-refractivity contribution in [2.24, 2.45) is 5.73 Å². The molecule has 2 rings (SSSR count). The molecule has 3 N–H and O–H groups in total. The van der Waals surface area contributed by atoms with E-state index in [1.165, 1.54) is 22.5 Å². The van der Waals surface area contributed by atoms with Crippen LogP contribution < -0.4 is 11.1 Å². The third-order valence-corrected chi connectivity index (χ3v) is 6.29. The number of primary amides is 1. The molecule has 1 aromatic rings. The number of nitrogens with one attached hydrogen (secondary N) is 1. The monoisotopic (exact) mass is 400 g/mol. The van der Waals surface area contributed by atoms with Crippen LogP contribution in [0.2, 0.25) is 0 Å². The molecule has 0 atom stereocenters. The van der Waals surface area contributed by atoms with Crippen molar-refractivity contribution in [1.29, 1.82) is 0 Å². The fourth-order valence-corrected chi connectivity index (χ4v) is 4.36. The first-order valence-corrected chi connectivity index (χ1v) is 10.3. The van der Waals surface area contributed by atoms with Gasteiger partial charge in [0.15, 0.2) is 0 Å². The SMILES string of the molecule is NC(=O)NCCCCCC(=O)N1CCN(S(=O)(=O)c2cccc(F)c2)CC1. The lowest BCUT2D eigenvalue weighted by Gasteiger charge is -2.34. The minimum atomic E-state index is -3.76. The average Bonchev–Trinajstić information content (AvgIpc) is 2.64. The summed E-state index contributed by atoms with van der Waals surface area (Å²) in [4.78, 5) is 24.3. The number of sulfonamides is 1. The molecule has 0 radical (unpaired) electrons. The van der Waals surface area contributed by atoms with Crippen LogP contribution >= 0.6 is 0 Å². The van der Waals surface area contributed by atoms with E-state index >= 15 is 0 Å². The van der Waals surface area contributed by atoms with Gasteiger partial charge in [0.25, 0.3) is 0 Å². The molecule has 1 saturated heterocycles. The van der Waals surface area contributed by atoms with Crippen molar-refractivity contribution in [3.05, 3.63) is 30.1 Å². The third kappa shape index (κ3) is 6.17. The molecule has 10 heteroatoms. The van der Waals surface area contributed by atoms with Crippen LogP contribution in [0.25, 0.3) is 0 Å². The van der Waals surface area contributed by atoms with E-state index < -0.39 is 21.9 Å². The molecule has 0 unspecified atom stereocenters. The van der Waals surface area contributed by atoms with Gasteiger partial charge in [-0.2, -0.15) is 4.31 Å². The lowest BCUT2D eigenvalue weighted by Crippen LogP contribution is -2.50. The number of hydrogen-bond donors (Lipinski definition) is 2. The van der Waals surface area contributed by atoms with Crippen LogP contribution in [-0.4, -0.2) is 62.3 Å². The van der Waals surface area contributed by atoms with E-state index in [-0.39, 0.29) is 23.9 Å². The number of piperazine rings is 1. The van der Waals surface area contributed by atoms with Crippen LogP contribution in [0, 0.1) is 5.82 Å². The summed E-state index contributed by atoms with van der Waals surface area (Å²) >= 11 is 0. The molecule has 8 nitrogen and oxygen atoms in total. The van der Waals surface area contributed by atoms with Gasteiger partial charge in [0, 0.05) is 39.1 Å². The van der Waals surface area contributed by atoms with Crippen molar-refractivity contribution in [2.75, 3.05) is 32.7 Å². The van der Waals surface area contributed by atoms with Gasteiger partial charge in [0.2, 0.25) is 15.9 Å². The van der Waals surface area contributed by atoms with Crippen molar-refractivity contribution in [1.82, 2.24) is 14.5 Å². The van der Waals surface area contributed by atoms with E-state index in [4.69, 9.17) is 5.73 Å². The Hall–Kier alpha value is -2.20. The van der Waals surface area contributed by atoms with Gasteiger partial charge in [0.05, 0.1) is 4.90 Å². The number of benzene rings is 1. The summed E-state index contributed by atoms with van der Waals surface area (Å²) in [5.41, 5.74) is 4.96. The van der Waals surface area contributed by atoms with Crippen molar-refractivity contribution < 1.29 is 22.4 Å². The highest BCUT2D eigenvalue weighted by atomic mass is 32.2. The molecular weight excluding hydrogens is 375 g/mol. The van der Waals surface area contributed by atoms with E-state index in [9.17, 15) is 22.4 Å². The molecule has 0 aliphatic carbocycles. The van der Waals surface area contributed by atoms with E-state index in [2.05, 4.69) is 5.32 Å². The molecule has 0 aromatic heterocycles. The zero-order chi connectivity index (χ0) is 19.9. The van der Waals surface area contributed by atoms with E-state index in [1.54, 1.807) is 4.90 Å². The lowest BCUT2D eigenvalue weighted by atomic mass is 10.1. The Balaban J connectivity index is 1.76. The highest BCUT2D eigenvalue weighted by molar-refractivity contribution is 7.89. The van der Waals surface area contributed by atoms with Crippen molar-refractivity contribution in [3.63, 3.8) is 0 Å². The Labute approximate surface area is 158 Å². The second-order valence-corrected chi connectivity index (χ2v) is 8.28. The number of unbranched alkanes of at least 4 members (excludes halogenated alkanes) is 2. The second-order valence-electron chi connectivity index (χ2n) is 6.34. The Kier molecular flexibility index (Phi) is 7.55. The Morgan fingerprint density at radius 2 is 1.81 bits per heavy atom. The summed E-state index contributed by atoms with van der Waals surface area (Å²) in [7, 11) is -3.76. The maximum Gasteiger partial charge on any atom is 0.312 e. The molecule has 1 fully saturated rings. The van der Waals surface area contributed by atoms with Gasteiger partial charge in [-0.3, -0.25) is 4.79 Å². The highest BCUT2D eigenvalue weighted by Gasteiger charge is 2.30. The number of nitrogens with two attached hydrogens (primary N) is 1. The molecule has 150 valence electrons. The number of hydrogen-bond acceptors (Lipinski definition) is 4. The number of nitrogens with zero attached hydrogens (tertiary/aromatic N) is 2. The van der Waals surface area contributed by atoms with Crippen molar-refractivity contribution in [2.45, 2.75) is 30.6 Å². The molecule has 3 amide bonds. The van der Waals surface area contributed by atoms with Gasteiger partial charge < -0.3 is 16.0 Å². The smallest absolute Gasteiger partial charge is 0.312 e. The van der Waals surface area contributed by atoms with Crippen LogP contribution in [0.5, 0.6) is 0 Å². The van der Waals surface area contributed by atoms with E-state index in [0.29, 0.717) is 32.5 Å². The first-order chi connectivity index (χ1) is 12.8. The van der Waals surface area contributed by atoms with Gasteiger partial charge in [-0.05, 0) is 31.0 Å². The molecule has 0 saturated carbocycles. The maximum atomic E-state index is 13.3. The summed E-state index contributed by atoms with van der Waals surface area (Å²) < 4.78 is 39.7. The predicted molar refractivity (Wildman–Crippen MR) is 97.8 cm³/mol. The molecule has 1 aromatic carbocycles. The summed E-state index contributed by atoms with van der Waals surface area (Å²) in [6, 6.07) is 4.36.